The molecule has 39 heavy (non-hydrogen) atoms. The van der Waals surface area contributed by atoms with E-state index in [1.54, 1.807) is 16.7 Å². The third-order valence-electron chi connectivity index (χ3n) is 7.16. The summed E-state index contributed by atoms with van der Waals surface area (Å²) in [5.41, 5.74) is 8.12. The number of anilines is 1. The van der Waals surface area contributed by atoms with Gasteiger partial charge in [-0.15, -0.1) is 11.8 Å². The number of aryl methyl sites for hydroxylation is 2. The predicted octanol–water partition coefficient (Wildman–Crippen LogP) is 6.16. The molecule has 0 radical (unpaired) electrons. The monoisotopic (exact) mass is 538 g/mol. The molecule has 0 spiro atoms. The van der Waals surface area contributed by atoms with Crippen LogP contribution in [0.4, 0.5) is 5.82 Å². The number of carbonyl (C=O) groups excluding carboxylic acids is 2. The van der Waals surface area contributed by atoms with Gasteiger partial charge in [0.1, 0.15) is 12.4 Å². The van der Waals surface area contributed by atoms with Crippen LogP contribution in [0.2, 0.25) is 0 Å². The van der Waals surface area contributed by atoms with Crippen LogP contribution in [-0.2, 0) is 9.59 Å². The Balaban J connectivity index is 1.82. The Morgan fingerprint density at radius 2 is 1.79 bits per heavy atom. The third kappa shape index (κ3) is 5.36. The Bertz CT molecular complexity index is 1510. The van der Waals surface area contributed by atoms with E-state index in [2.05, 4.69) is 68.6 Å². The van der Waals surface area contributed by atoms with Gasteiger partial charge < -0.3 is 5.32 Å². The zero-order valence-electron chi connectivity index (χ0n) is 22.9. The van der Waals surface area contributed by atoms with Crippen molar-refractivity contribution in [1.29, 1.82) is 0 Å². The molecule has 0 aliphatic carbocycles. The number of thioether (sulfide) groups is 1. The predicted molar refractivity (Wildman–Crippen MR) is 160 cm³/mol. The van der Waals surface area contributed by atoms with Gasteiger partial charge in [0.2, 0.25) is 11.8 Å². The lowest BCUT2D eigenvalue weighted by molar-refractivity contribution is -0.122. The van der Waals surface area contributed by atoms with Crippen LogP contribution in [0.3, 0.4) is 0 Å². The van der Waals surface area contributed by atoms with Crippen molar-refractivity contribution in [3.8, 4) is 16.9 Å². The number of carbonyl (C=O) groups is 2. The van der Waals surface area contributed by atoms with Crippen molar-refractivity contribution in [2.75, 3.05) is 23.7 Å². The van der Waals surface area contributed by atoms with E-state index >= 15 is 0 Å². The van der Waals surface area contributed by atoms with E-state index in [0.29, 0.717) is 12.4 Å². The molecule has 0 saturated carbocycles. The Hall–Kier alpha value is -3.84. The van der Waals surface area contributed by atoms with E-state index in [4.69, 9.17) is 5.10 Å². The molecule has 6 nitrogen and oxygen atoms in total. The average Bonchev–Trinajstić information content (AvgIpc) is 3.25. The van der Waals surface area contributed by atoms with Gasteiger partial charge in [0, 0.05) is 17.7 Å². The SMILES string of the molecule is CCCNC(=O)CN1C(=O)CSC(c2cccc(C)c2)c2c(-c3ccccc3)nn(-c3cccc(C)c3C)c21. The molecule has 0 bridgehead atoms. The maximum absolute atomic E-state index is 13.8. The van der Waals surface area contributed by atoms with E-state index in [0.717, 1.165) is 51.2 Å². The van der Waals surface area contributed by atoms with Crippen molar-refractivity contribution in [1.82, 2.24) is 15.1 Å². The van der Waals surface area contributed by atoms with Gasteiger partial charge in [-0.05, 0) is 49.9 Å². The topological polar surface area (TPSA) is 67.2 Å². The number of hydrogen-bond acceptors (Lipinski definition) is 4. The van der Waals surface area contributed by atoms with Crippen molar-refractivity contribution >= 4 is 29.4 Å². The first-order chi connectivity index (χ1) is 18.9. The smallest absolute Gasteiger partial charge is 0.240 e. The summed E-state index contributed by atoms with van der Waals surface area (Å²) >= 11 is 1.59. The number of benzene rings is 3. The zero-order valence-corrected chi connectivity index (χ0v) is 23.7. The molecule has 7 heteroatoms. The minimum Gasteiger partial charge on any atom is -0.355 e. The zero-order chi connectivity index (χ0) is 27.5. The van der Waals surface area contributed by atoms with Gasteiger partial charge >= 0.3 is 0 Å². The number of nitrogens with zero attached hydrogens (tertiary/aromatic N) is 3. The van der Waals surface area contributed by atoms with Crippen molar-refractivity contribution in [2.45, 2.75) is 39.4 Å². The fraction of sp³-hybridized carbons (Fsp3) is 0.281. The summed E-state index contributed by atoms with van der Waals surface area (Å²) in [7, 11) is 0. The maximum atomic E-state index is 13.8. The number of fused-ring (bicyclic) bond motifs is 1. The van der Waals surface area contributed by atoms with Crippen LogP contribution in [0.25, 0.3) is 16.9 Å². The van der Waals surface area contributed by atoms with E-state index in [1.165, 1.54) is 0 Å². The molecule has 1 N–H and O–H groups in total. The summed E-state index contributed by atoms with van der Waals surface area (Å²) < 4.78 is 1.89. The molecule has 0 fully saturated rings. The van der Waals surface area contributed by atoms with Crippen LogP contribution in [0, 0.1) is 20.8 Å². The lowest BCUT2D eigenvalue weighted by atomic mass is 9.98. The molecular formula is C32H34N4O2S. The number of aromatic nitrogens is 2. The van der Waals surface area contributed by atoms with Crippen molar-refractivity contribution in [3.05, 3.63) is 101 Å². The second-order valence-corrected chi connectivity index (χ2v) is 11.1. The summed E-state index contributed by atoms with van der Waals surface area (Å²) in [6, 6.07) is 24.7. The molecule has 3 aromatic carbocycles. The third-order valence-corrected chi connectivity index (χ3v) is 8.41. The van der Waals surface area contributed by atoms with Crippen molar-refractivity contribution in [3.63, 3.8) is 0 Å². The second-order valence-electron chi connectivity index (χ2n) is 10.0. The normalized spacial score (nSPS) is 15.1. The quantitative estimate of drug-likeness (QED) is 0.306. The highest BCUT2D eigenvalue weighted by Gasteiger charge is 2.38. The lowest BCUT2D eigenvalue weighted by Crippen LogP contribution is -2.42. The van der Waals surface area contributed by atoms with Gasteiger partial charge in [-0.25, -0.2) is 4.68 Å². The summed E-state index contributed by atoms with van der Waals surface area (Å²) in [6.45, 7) is 8.76. The molecule has 5 rings (SSSR count). The van der Waals surface area contributed by atoms with Crippen molar-refractivity contribution < 1.29 is 9.59 Å². The van der Waals surface area contributed by atoms with E-state index in [1.807, 2.05) is 41.9 Å². The highest BCUT2D eigenvalue weighted by molar-refractivity contribution is 8.00. The standard InChI is InChI=1S/C32H34N4O2S/c1-5-17-33-27(37)19-35-28(38)20-39-31(25-15-9-11-21(2)18-25)29-30(24-13-7-6-8-14-24)34-36(32(29)35)26-16-10-12-22(3)23(26)4/h6-16,18,31H,5,17,19-20H2,1-4H3,(H,33,37). The molecule has 200 valence electrons. The Morgan fingerprint density at radius 3 is 2.54 bits per heavy atom. The van der Waals surface area contributed by atoms with Gasteiger partial charge in [-0.2, -0.15) is 5.10 Å². The van der Waals surface area contributed by atoms with Crippen LogP contribution < -0.4 is 10.2 Å². The lowest BCUT2D eigenvalue weighted by Gasteiger charge is -2.24. The fourth-order valence-electron chi connectivity index (χ4n) is 5.02. The van der Waals surface area contributed by atoms with E-state index in [9.17, 15) is 9.59 Å². The summed E-state index contributed by atoms with van der Waals surface area (Å²) in [5, 5.41) is 8.02. The number of nitrogens with one attached hydrogen (secondary N) is 1. The van der Waals surface area contributed by atoms with Crippen LogP contribution in [0.1, 0.15) is 46.4 Å². The highest BCUT2D eigenvalue weighted by atomic mass is 32.2. The maximum Gasteiger partial charge on any atom is 0.240 e. The van der Waals surface area contributed by atoms with Crippen LogP contribution >= 0.6 is 11.8 Å². The average molecular weight is 539 g/mol. The number of amides is 2. The minimum atomic E-state index is -0.176. The van der Waals surface area contributed by atoms with Crippen LogP contribution in [0.15, 0.2) is 72.8 Å². The second kappa shape index (κ2) is 11.5. The summed E-state index contributed by atoms with van der Waals surface area (Å²) in [4.78, 5) is 28.5. The van der Waals surface area contributed by atoms with E-state index < -0.39 is 0 Å². The Kier molecular flexibility index (Phi) is 7.89. The molecule has 0 saturated heterocycles. The highest BCUT2D eigenvalue weighted by Crippen LogP contribution is 2.48. The number of hydrogen-bond donors (Lipinski definition) is 1. The first kappa shape index (κ1) is 26.8. The Morgan fingerprint density at radius 1 is 1.03 bits per heavy atom. The summed E-state index contributed by atoms with van der Waals surface area (Å²) in [6.07, 6.45) is 0.828. The first-order valence-corrected chi connectivity index (χ1v) is 14.4. The van der Waals surface area contributed by atoms with Crippen LogP contribution in [-0.4, -0.2) is 40.4 Å². The molecular weight excluding hydrogens is 504 g/mol. The molecule has 4 aromatic rings. The van der Waals surface area contributed by atoms with Gasteiger partial charge in [0.05, 0.1) is 22.4 Å². The molecule has 1 unspecified atom stereocenters. The van der Waals surface area contributed by atoms with Gasteiger partial charge in [-0.3, -0.25) is 14.5 Å². The molecule has 2 amide bonds. The molecule has 1 aliphatic rings. The van der Waals surface area contributed by atoms with Gasteiger partial charge in [0.15, 0.2) is 0 Å². The molecule has 1 aliphatic heterocycles. The van der Waals surface area contributed by atoms with Gasteiger partial charge in [0.25, 0.3) is 0 Å². The largest absolute Gasteiger partial charge is 0.355 e. The minimum absolute atomic E-state index is 0.0578. The van der Waals surface area contributed by atoms with Gasteiger partial charge in [-0.1, -0.05) is 79.2 Å². The van der Waals surface area contributed by atoms with E-state index in [-0.39, 0.29) is 29.4 Å². The summed E-state index contributed by atoms with van der Waals surface area (Å²) in [5.74, 6) is 0.644. The Labute approximate surface area is 234 Å². The number of rotatable bonds is 7. The molecule has 1 atom stereocenters. The van der Waals surface area contributed by atoms with Crippen LogP contribution in [0.5, 0.6) is 0 Å². The van der Waals surface area contributed by atoms with Crippen molar-refractivity contribution in [2.24, 2.45) is 0 Å². The first-order valence-electron chi connectivity index (χ1n) is 13.4. The fourth-order valence-corrected chi connectivity index (χ4v) is 6.21. The molecule has 2 heterocycles. The molecule has 1 aromatic heterocycles.